The number of pyridine rings is 1. The van der Waals surface area contributed by atoms with Crippen LogP contribution in [-0.2, 0) is 13.7 Å². The zero-order valence-electron chi connectivity index (χ0n) is 13.1. The number of anilines is 1. The topological polar surface area (TPSA) is 75.1 Å². The van der Waals surface area contributed by atoms with Gasteiger partial charge in [0, 0.05) is 25.4 Å². The molecule has 23 heavy (non-hydrogen) atoms. The second-order valence-electron chi connectivity index (χ2n) is 5.32. The second kappa shape index (κ2) is 6.00. The minimum absolute atomic E-state index is 0.0484. The van der Waals surface area contributed by atoms with E-state index in [1.807, 2.05) is 48.9 Å². The smallest absolute Gasteiger partial charge is 0.238 e. The molecule has 2 aromatic heterocycles. The molecule has 0 atom stereocenters. The summed E-state index contributed by atoms with van der Waals surface area (Å²) in [5, 5.41) is 4.43. The predicted molar refractivity (Wildman–Crippen MR) is 88.7 cm³/mol. The molecule has 0 aliphatic heterocycles. The molecule has 0 amide bonds. The van der Waals surface area contributed by atoms with Gasteiger partial charge in [0.25, 0.3) is 0 Å². The van der Waals surface area contributed by atoms with Gasteiger partial charge in [0.05, 0.1) is 16.9 Å². The molecule has 0 aliphatic rings. The molecule has 2 heterocycles. The zero-order chi connectivity index (χ0) is 16.4. The molecule has 1 aromatic carbocycles. The molecular weight excluding hydrogens is 292 g/mol. The molecule has 2 N–H and O–H groups in total. The standard InChI is InChI=1S/C17H18N4O2/c1-12-16(18)21(13-6-4-3-5-7-13)19-17(12)23-11-14-10-15(22)8-9-20(14)2/h3-10H,11,18H2,1-2H3. The van der Waals surface area contributed by atoms with Gasteiger partial charge in [-0.1, -0.05) is 18.2 Å². The molecule has 3 aromatic rings. The Morgan fingerprint density at radius 3 is 2.70 bits per heavy atom. The normalized spacial score (nSPS) is 10.7. The molecule has 6 heteroatoms. The van der Waals surface area contributed by atoms with Gasteiger partial charge in [0.2, 0.25) is 5.88 Å². The maximum absolute atomic E-state index is 11.5. The Balaban J connectivity index is 1.87. The summed E-state index contributed by atoms with van der Waals surface area (Å²) in [5.74, 6) is 0.996. The molecule has 0 aliphatic carbocycles. The van der Waals surface area contributed by atoms with Crippen molar-refractivity contribution in [2.45, 2.75) is 13.5 Å². The van der Waals surface area contributed by atoms with E-state index >= 15 is 0 Å². The van der Waals surface area contributed by atoms with Gasteiger partial charge in [-0.15, -0.1) is 5.10 Å². The predicted octanol–water partition coefficient (Wildman–Crippen LogP) is 2.04. The fourth-order valence-electron chi connectivity index (χ4n) is 2.27. The molecule has 0 saturated heterocycles. The van der Waals surface area contributed by atoms with Gasteiger partial charge in [-0.05, 0) is 19.1 Å². The number of aryl methyl sites for hydroxylation is 1. The van der Waals surface area contributed by atoms with Crippen LogP contribution in [0.3, 0.4) is 0 Å². The van der Waals surface area contributed by atoms with Gasteiger partial charge < -0.3 is 15.0 Å². The first-order chi connectivity index (χ1) is 11.1. The number of nitrogen functional groups attached to an aromatic ring is 1. The molecule has 0 bridgehead atoms. The van der Waals surface area contributed by atoms with Crippen LogP contribution in [0.4, 0.5) is 5.82 Å². The van der Waals surface area contributed by atoms with Crippen LogP contribution in [0.1, 0.15) is 11.3 Å². The SMILES string of the molecule is Cc1c(OCc2cc(=O)ccn2C)nn(-c2ccccc2)c1N. The van der Waals surface area contributed by atoms with E-state index in [4.69, 9.17) is 10.5 Å². The minimum atomic E-state index is -0.0484. The number of ether oxygens (including phenoxy) is 1. The van der Waals surface area contributed by atoms with E-state index in [9.17, 15) is 4.79 Å². The Morgan fingerprint density at radius 2 is 1.96 bits per heavy atom. The molecular formula is C17H18N4O2. The van der Waals surface area contributed by atoms with Crippen LogP contribution < -0.4 is 15.9 Å². The number of benzene rings is 1. The van der Waals surface area contributed by atoms with Gasteiger partial charge in [0.15, 0.2) is 5.43 Å². The first-order valence-electron chi connectivity index (χ1n) is 7.25. The summed E-state index contributed by atoms with van der Waals surface area (Å²) in [6.45, 7) is 2.11. The third-order valence-corrected chi connectivity index (χ3v) is 3.71. The third kappa shape index (κ3) is 2.96. The zero-order valence-corrected chi connectivity index (χ0v) is 13.1. The summed E-state index contributed by atoms with van der Waals surface area (Å²) in [5.41, 5.74) is 8.49. The van der Waals surface area contributed by atoms with E-state index in [1.165, 1.54) is 6.07 Å². The van der Waals surface area contributed by atoms with Crippen molar-refractivity contribution in [3.05, 3.63) is 70.1 Å². The maximum Gasteiger partial charge on any atom is 0.238 e. The Bertz CT molecular complexity index is 881. The molecule has 0 unspecified atom stereocenters. The van der Waals surface area contributed by atoms with Crippen molar-refractivity contribution in [1.82, 2.24) is 14.3 Å². The first-order valence-corrected chi connectivity index (χ1v) is 7.25. The summed E-state index contributed by atoms with van der Waals surface area (Å²) in [6, 6.07) is 12.7. The Labute approximate surface area is 133 Å². The number of rotatable bonds is 4. The molecule has 0 saturated carbocycles. The quantitative estimate of drug-likeness (QED) is 0.800. The molecule has 0 spiro atoms. The van der Waals surface area contributed by atoms with Crippen molar-refractivity contribution in [1.29, 1.82) is 0 Å². The van der Waals surface area contributed by atoms with Crippen LogP contribution in [0, 0.1) is 6.92 Å². The van der Waals surface area contributed by atoms with Crippen LogP contribution in [-0.4, -0.2) is 14.3 Å². The molecule has 6 nitrogen and oxygen atoms in total. The summed E-state index contributed by atoms with van der Waals surface area (Å²) in [6.07, 6.45) is 1.71. The number of nitrogens with two attached hydrogens (primary N) is 1. The van der Waals surface area contributed by atoms with Crippen LogP contribution in [0.15, 0.2) is 53.5 Å². The highest BCUT2D eigenvalue weighted by atomic mass is 16.5. The van der Waals surface area contributed by atoms with Crippen molar-refractivity contribution < 1.29 is 4.74 Å². The van der Waals surface area contributed by atoms with Crippen LogP contribution in [0.25, 0.3) is 5.69 Å². The molecule has 3 rings (SSSR count). The fourth-order valence-corrected chi connectivity index (χ4v) is 2.27. The van der Waals surface area contributed by atoms with E-state index in [-0.39, 0.29) is 12.0 Å². The lowest BCUT2D eigenvalue weighted by atomic mass is 10.3. The largest absolute Gasteiger partial charge is 0.470 e. The lowest BCUT2D eigenvalue weighted by Gasteiger charge is -2.08. The van der Waals surface area contributed by atoms with Gasteiger partial charge in [-0.2, -0.15) is 0 Å². The van der Waals surface area contributed by atoms with E-state index in [1.54, 1.807) is 16.9 Å². The highest BCUT2D eigenvalue weighted by molar-refractivity contribution is 5.51. The molecule has 118 valence electrons. The monoisotopic (exact) mass is 310 g/mol. The highest BCUT2D eigenvalue weighted by Gasteiger charge is 2.14. The lowest BCUT2D eigenvalue weighted by molar-refractivity contribution is 0.280. The number of nitrogens with zero attached hydrogens (tertiary/aromatic N) is 3. The number of hydrogen-bond donors (Lipinski definition) is 1. The number of para-hydroxylation sites is 1. The van der Waals surface area contributed by atoms with Crippen molar-refractivity contribution in [3.63, 3.8) is 0 Å². The minimum Gasteiger partial charge on any atom is -0.470 e. The summed E-state index contributed by atoms with van der Waals surface area (Å²) in [4.78, 5) is 11.5. The summed E-state index contributed by atoms with van der Waals surface area (Å²) >= 11 is 0. The van der Waals surface area contributed by atoms with E-state index in [0.717, 1.165) is 16.9 Å². The van der Waals surface area contributed by atoms with Crippen LogP contribution >= 0.6 is 0 Å². The van der Waals surface area contributed by atoms with Gasteiger partial charge in [-0.25, -0.2) is 4.68 Å². The highest BCUT2D eigenvalue weighted by Crippen LogP contribution is 2.26. The Hall–Kier alpha value is -3.02. The lowest BCUT2D eigenvalue weighted by Crippen LogP contribution is -2.11. The molecule has 0 radical (unpaired) electrons. The second-order valence-corrected chi connectivity index (χ2v) is 5.32. The number of aromatic nitrogens is 3. The Morgan fingerprint density at radius 1 is 1.22 bits per heavy atom. The van der Waals surface area contributed by atoms with Crippen molar-refractivity contribution in [2.24, 2.45) is 7.05 Å². The third-order valence-electron chi connectivity index (χ3n) is 3.71. The van der Waals surface area contributed by atoms with Gasteiger partial charge in [0.1, 0.15) is 12.4 Å². The first kappa shape index (κ1) is 14.9. The van der Waals surface area contributed by atoms with Crippen LogP contribution in [0.5, 0.6) is 5.88 Å². The average molecular weight is 310 g/mol. The van der Waals surface area contributed by atoms with Gasteiger partial charge in [-0.3, -0.25) is 4.79 Å². The van der Waals surface area contributed by atoms with Crippen LogP contribution in [0.2, 0.25) is 0 Å². The Kier molecular flexibility index (Phi) is 3.89. The average Bonchev–Trinajstić information content (AvgIpc) is 2.85. The van der Waals surface area contributed by atoms with Crippen molar-refractivity contribution >= 4 is 5.82 Å². The van der Waals surface area contributed by atoms with E-state index < -0.39 is 0 Å². The van der Waals surface area contributed by atoms with Crippen molar-refractivity contribution in [2.75, 3.05) is 5.73 Å². The van der Waals surface area contributed by atoms with Crippen molar-refractivity contribution in [3.8, 4) is 11.6 Å². The molecule has 0 fully saturated rings. The maximum atomic E-state index is 11.5. The van der Waals surface area contributed by atoms with Gasteiger partial charge >= 0.3 is 0 Å². The summed E-state index contributed by atoms with van der Waals surface area (Å²) < 4.78 is 9.26. The van der Waals surface area contributed by atoms with E-state index in [0.29, 0.717) is 11.7 Å². The van der Waals surface area contributed by atoms with E-state index in [2.05, 4.69) is 5.10 Å². The number of hydrogen-bond acceptors (Lipinski definition) is 4. The summed E-state index contributed by atoms with van der Waals surface area (Å²) in [7, 11) is 1.86. The fraction of sp³-hybridized carbons (Fsp3) is 0.176.